The van der Waals surface area contributed by atoms with Gasteiger partial charge in [0.1, 0.15) is 18.3 Å². The van der Waals surface area contributed by atoms with Gasteiger partial charge in [-0.3, -0.25) is 4.79 Å². The number of para-hydroxylation sites is 1. The topological polar surface area (TPSA) is 75.3 Å². The number of ether oxygens (including phenoxy) is 5. The van der Waals surface area contributed by atoms with Crippen molar-refractivity contribution in [2.75, 3.05) is 5.32 Å². The van der Waals surface area contributed by atoms with Crippen LogP contribution in [0.3, 0.4) is 0 Å². The van der Waals surface area contributed by atoms with Crippen molar-refractivity contribution in [2.24, 2.45) is 0 Å². The molecule has 1 amide bonds. The first-order valence-electron chi connectivity index (χ1n) is 11.9. The predicted octanol–water partition coefficient (Wildman–Crippen LogP) is 3.87. The van der Waals surface area contributed by atoms with E-state index in [1.165, 1.54) is 12.8 Å². The number of hydrogen-bond donors (Lipinski definition) is 1. The largest absolute Gasteiger partial charge is 0.341 e. The van der Waals surface area contributed by atoms with Gasteiger partial charge in [0.05, 0.1) is 0 Å². The van der Waals surface area contributed by atoms with Gasteiger partial charge in [0.15, 0.2) is 24.0 Å². The Labute approximate surface area is 182 Å². The molecule has 168 valence electrons. The molecule has 3 heterocycles. The van der Waals surface area contributed by atoms with Crippen LogP contribution in [0.4, 0.5) is 5.69 Å². The van der Waals surface area contributed by atoms with Crippen molar-refractivity contribution in [1.82, 2.24) is 0 Å². The zero-order valence-electron chi connectivity index (χ0n) is 17.8. The van der Waals surface area contributed by atoms with Gasteiger partial charge in [0, 0.05) is 31.4 Å². The second-order valence-electron chi connectivity index (χ2n) is 9.59. The summed E-state index contributed by atoms with van der Waals surface area (Å²) in [4.78, 5) is 13.3. The van der Waals surface area contributed by atoms with Gasteiger partial charge in [-0.2, -0.15) is 0 Å². The number of carbonyl (C=O) groups excluding carboxylic acids is 1. The Balaban J connectivity index is 1.28. The van der Waals surface area contributed by atoms with E-state index < -0.39 is 30.1 Å². The molecule has 1 aromatic carbocycles. The molecule has 2 saturated carbocycles. The highest BCUT2D eigenvalue weighted by Gasteiger charge is 2.65. The molecule has 0 radical (unpaired) electrons. The number of benzene rings is 1. The minimum absolute atomic E-state index is 0.232. The zero-order chi connectivity index (χ0) is 20.9. The minimum Gasteiger partial charge on any atom is -0.341 e. The fourth-order valence-corrected chi connectivity index (χ4v) is 5.90. The highest BCUT2D eigenvalue weighted by molar-refractivity contribution is 5.94. The molecule has 2 aliphatic carbocycles. The molecule has 3 saturated heterocycles. The lowest BCUT2D eigenvalue weighted by molar-refractivity contribution is -0.246. The van der Waals surface area contributed by atoms with Crippen LogP contribution >= 0.6 is 0 Å². The number of rotatable bonds is 2. The average Bonchev–Trinajstić information content (AvgIpc) is 3.33. The van der Waals surface area contributed by atoms with E-state index in [9.17, 15) is 4.79 Å². The molecule has 5 fully saturated rings. The molecule has 1 N–H and O–H groups in total. The number of anilines is 1. The predicted molar refractivity (Wildman–Crippen MR) is 111 cm³/mol. The van der Waals surface area contributed by atoms with E-state index in [0.29, 0.717) is 0 Å². The molecule has 5 atom stereocenters. The first-order valence-corrected chi connectivity index (χ1v) is 11.9. The fourth-order valence-electron chi connectivity index (χ4n) is 5.90. The first kappa shape index (κ1) is 20.1. The van der Waals surface area contributed by atoms with E-state index in [0.717, 1.165) is 57.1 Å². The number of fused-ring (bicyclic) bond motifs is 3. The summed E-state index contributed by atoms with van der Waals surface area (Å²) in [7, 11) is 0. The molecule has 1 aromatic rings. The smallest absolute Gasteiger partial charge is 0.256 e. The van der Waals surface area contributed by atoms with Gasteiger partial charge < -0.3 is 29.0 Å². The van der Waals surface area contributed by atoms with Crippen molar-refractivity contribution < 1.29 is 28.5 Å². The third-order valence-electron chi connectivity index (χ3n) is 7.41. The summed E-state index contributed by atoms with van der Waals surface area (Å²) in [6, 6.07) is 9.43. The van der Waals surface area contributed by atoms with Gasteiger partial charge in [-0.15, -0.1) is 0 Å². The molecule has 7 heteroatoms. The number of nitrogens with one attached hydrogen (secondary N) is 1. The van der Waals surface area contributed by atoms with Crippen LogP contribution in [0, 0.1) is 0 Å². The van der Waals surface area contributed by atoms with Crippen LogP contribution in [0.5, 0.6) is 0 Å². The van der Waals surface area contributed by atoms with Gasteiger partial charge in [-0.25, -0.2) is 0 Å². The van der Waals surface area contributed by atoms with Crippen LogP contribution < -0.4 is 5.32 Å². The summed E-state index contributed by atoms with van der Waals surface area (Å²) in [6.45, 7) is 0. The van der Waals surface area contributed by atoms with Crippen molar-refractivity contribution in [3.63, 3.8) is 0 Å². The minimum atomic E-state index is -0.810. The van der Waals surface area contributed by atoms with Gasteiger partial charge in [-0.1, -0.05) is 31.0 Å². The van der Waals surface area contributed by atoms with Crippen LogP contribution in [0.15, 0.2) is 30.3 Å². The zero-order valence-corrected chi connectivity index (χ0v) is 17.8. The van der Waals surface area contributed by atoms with Crippen LogP contribution in [-0.4, -0.2) is 48.2 Å². The Hall–Kier alpha value is -1.51. The summed E-state index contributed by atoms with van der Waals surface area (Å²) >= 11 is 0. The van der Waals surface area contributed by atoms with E-state index in [4.69, 9.17) is 23.7 Å². The van der Waals surface area contributed by atoms with E-state index in [-0.39, 0.29) is 18.1 Å². The normalized spacial score (nSPS) is 38.0. The molecular formula is C24H31NO6. The Morgan fingerprint density at radius 2 is 1.32 bits per heavy atom. The van der Waals surface area contributed by atoms with Crippen LogP contribution in [0.25, 0.3) is 0 Å². The highest BCUT2D eigenvalue weighted by atomic mass is 16.9. The van der Waals surface area contributed by atoms with E-state index in [1.807, 2.05) is 30.3 Å². The Morgan fingerprint density at radius 1 is 0.742 bits per heavy atom. The summed E-state index contributed by atoms with van der Waals surface area (Å²) in [5.74, 6) is -1.48. The number of hydrogen-bond acceptors (Lipinski definition) is 6. The first-order chi connectivity index (χ1) is 15.2. The summed E-state index contributed by atoms with van der Waals surface area (Å²) in [5, 5.41) is 2.97. The lowest BCUT2D eigenvalue weighted by Gasteiger charge is -2.36. The monoisotopic (exact) mass is 429 g/mol. The number of amides is 1. The van der Waals surface area contributed by atoms with E-state index >= 15 is 0 Å². The lowest BCUT2D eigenvalue weighted by Crippen LogP contribution is -2.58. The van der Waals surface area contributed by atoms with Crippen LogP contribution in [0.2, 0.25) is 0 Å². The molecular weight excluding hydrogens is 398 g/mol. The van der Waals surface area contributed by atoms with Crippen molar-refractivity contribution in [3.8, 4) is 0 Å². The Morgan fingerprint density at radius 3 is 2.00 bits per heavy atom. The third-order valence-corrected chi connectivity index (χ3v) is 7.41. The second-order valence-corrected chi connectivity index (χ2v) is 9.59. The van der Waals surface area contributed by atoms with E-state index in [1.54, 1.807) is 0 Å². The number of carbonyl (C=O) groups is 1. The van der Waals surface area contributed by atoms with E-state index in [2.05, 4.69) is 5.32 Å². The SMILES string of the molecule is O=C(Nc1ccccc1)C1OC2OC3(CCCCC3)OC2C2OC3(CCCCC3)OC12. The van der Waals surface area contributed by atoms with Gasteiger partial charge in [0.25, 0.3) is 5.91 Å². The molecule has 7 nitrogen and oxygen atoms in total. The Bertz CT molecular complexity index is 804. The van der Waals surface area contributed by atoms with Crippen molar-refractivity contribution in [3.05, 3.63) is 30.3 Å². The lowest BCUT2D eigenvalue weighted by atomic mass is 9.94. The molecule has 0 bridgehead atoms. The molecule has 2 spiro atoms. The van der Waals surface area contributed by atoms with Gasteiger partial charge >= 0.3 is 0 Å². The molecule has 5 aliphatic rings. The maximum atomic E-state index is 13.3. The highest BCUT2D eigenvalue weighted by Crippen LogP contribution is 2.51. The van der Waals surface area contributed by atoms with Gasteiger partial charge in [0.2, 0.25) is 0 Å². The molecule has 5 unspecified atom stereocenters. The average molecular weight is 430 g/mol. The van der Waals surface area contributed by atoms with Gasteiger partial charge in [-0.05, 0) is 37.8 Å². The standard InChI is InChI=1S/C24H31NO6/c26-21(25-16-10-4-1-5-11-16)19-17-18(29-23(28-17)12-6-2-7-13-23)20-22(27-19)31-24(30-20)14-8-3-9-15-24/h1,4-5,10-11,17-20,22H,2-3,6-9,12-15H2,(H,25,26). The summed E-state index contributed by atoms with van der Waals surface area (Å²) < 4.78 is 32.2. The second kappa shape index (κ2) is 7.81. The molecule has 31 heavy (non-hydrogen) atoms. The molecule has 0 aromatic heterocycles. The fraction of sp³-hybridized carbons (Fsp3) is 0.708. The molecule has 6 rings (SSSR count). The van der Waals surface area contributed by atoms with Crippen molar-refractivity contribution in [2.45, 2.75) is 106 Å². The quantitative estimate of drug-likeness (QED) is 0.769. The molecule has 3 aliphatic heterocycles. The third kappa shape index (κ3) is 3.60. The van der Waals surface area contributed by atoms with Crippen molar-refractivity contribution >= 4 is 11.6 Å². The maximum Gasteiger partial charge on any atom is 0.256 e. The summed E-state index contributed by atoms with van der Waals surface area (Å²) in [5.41, 5.74) is 0.730. The maximum absolute atomic E-state index is 13.3. The van der Waals surface area contributed by atoms with Crippen LogP contribution in [-0.2, 0) is 28.5 Å². The van der Waals surface area contributed by atoms with Crippen LogP contribution in [0.1, 0.15) is 64.2 Å². The summed E-state index contributed by atoms with van der Waals surface area (Å²) in [6.07, 6.45) is 7.39. The Kier molecular flexibility index (Phi) is 5.07. The van der Waals surface area contributed by atoms with Crippen molar-refractivity contribution in [1.29, 1.82) is 0 Å².